The highest BCUT2D eigenvalue weighted by Gasteiger charge is 1.85. The summed E-state index contributed by atoms with van der Waals surface area (Å²) in [5.74, 6) is 0.0125. The molecule has 1 amide bonds. The molecule has 3 nitrogen and oxygen atoms in total. The van der Waals surface area contributed by atoms with Gasteiger partial charge in [0, 0.05) is 13.5 Å². The van der Waals surface area contributed by atoms with Crippen molar-refractivity contribution in [2.75, 3.05) is 13.1 Å². The smallest absolute Gasteiger partial charge is 0.216 e. The normalized spacial score (nSPS) is 6.83. The largest absolute Gasteiger partial charge is 0.356 e. The Labute approximate surface area is 76.7 Å². The van der Waals surface area contributed by atoms with Gasteiger partial charge in [0.1, 0.15) is 0 Å². The van der Waals surface area contributed by atoms with Crippen molar-refractivity contribution in [2.45, 2.75) is 41.0 Å². The molecule has 0 aliphatic carbocycles. The average Bonchev–Trinajstić information content (AvgIpc) is 2.12. The molecule has 3 N–H and O–H groups in total. The second kappa shape index (κ2) is 22.4. The quantitative estimate of drug-likeness (QED) is 0.641. The Kier molecular flexibility index (Phi) is 32.7. The van der Waals surface area contributed by atoms with Crippen LogP contribution in [0.15, 0.2) is 0 Å². The molecule has 0 fully saturated rings. The van der Waals surface area contributed by atoms with E-state index in [1.54, 1.807) is 0 Å². The molecule has 0 spiro atoms. The molecule has 76 valence electrons. The van der Waals surface area contributed by atoms with Crippen molar-refractivity contribution in [3.8, 4) is 0 Å². The number of amides is 1. The molecule has 0 aromatic carbocycles. The first-order valence-electron chi connectivity index (χ1n) is 4.72. The monoisotopic (exact) mass is 176 g/mol. The van der Waals surface area contributed by atoms with E-state index < -0.39 is 0 Å². The summed E-state index contributed by atoms with van der Waals surface area (Å²) in [6.45, 7) is 10.8. The van der Waals surface area contributed by atoms with E-state index in [9.17, 15) is 4.79 Å². The molecule has 0 aliphatic heterocycles. The van der Waals surface area contributed by atoms with E-state index in [2.05, 4.69) is 5.32 Å². The Morgan fingerprint density at radius 1 is 1.25 bits per heavy atom. The maximum absolute atomic E-state index is 10.2. The second-order valence-electron chi connectivity index (χ2n) is 1.63. The first kappa shape index (κ1) is 17.5. The topological polar surface area (TPSA) is 55.1 Å². The number of nitrogens with one attached hydrogen (secondary N) is 1. The maximum atomic E-state index is 10.2. The second-order valence-corrected chi connectivity index (χ2v) is 1.63. The van der Waals surface area contributed by atoms with Crippen LogP contribution in [0.3, 0.4) is 0 Å². The van der Waals surface area contributed by atoms with Crippen molar-refractivity contribution in [1.82, 2.24) is 5.32 Å². The molecule has 0 rings (SSSR count). The van der Waals surface area contributed by atoms with Gasteiger partial charge in [0.05, 0.1) is 0 Å². The molecule has 0 radical (unpaired) electrons. The highest BCUT2D eigenvalue weighted by molar-refractivity contribution is 5.72. The number of carbonyl (C=O) groups excluding carboxylic acids is 1. The number of carbonyl (C=O) groups is 1. The molecule has 0 saturated carbocycles. The first-order valence-corrected chi connectivity index (χ1v) is 4.72. The van der Waals surface area contributed by atoms with Crippen molar-refractivity contribution in [2.24, 2.45) is 5.73 Å². The minimum absolute atomic E-state index is 0.0125. The molecular formula is C9H24N2O. The molecule has 0 aliphatic rings. The predicted octanol–water partition coefficient (Wildman–Crippen LogP) is 1.52. The summed E-state index contributed by atoms with van der Waals surface area (Å²) in [4.78, 5) is 10.2. The van der Waals surface area contributed by atoms with E-state index >= 15 is 0 Å². The minimum atomic E-state index is 0.0125. The molecule has 0 bridgehead atoms. The van der Waals surface area contributed by atoms with Crippen LogP contribution in [0, 0.1) is 0 Å². The van der Waals surface area contributed by atoms with Gasteiger partial charge in [0.15, 0.2) is 0 Å². The van der Waals surface area contributed by atoms with Crippen molar-refractivity contribution >= 4 is 5.91 Å². The van der Waals surface area contributed by atoms with Gasteiger partial charge in [0.25, 0.3) is 0 Å². The molecule has 0 aromatic heterocycles. The number of hydrogen-bond acceptors (Lipinski definition) is 2. The van der Waals surface area contributed by atoms with Gasteiger partial charge in [-0.3, -0.25) is 4.79 Å². The Hall–Kier alpha value is -0.570. The predicted molar refractivity (Wildman–Crippen MR) is 55.1 cm³/mol. The summed E-state index contributed by atoms with van der Waals surface area (Å²) in [6.07, 6.45) is 0.861. The van der Waals surface area contributed by atoms with Crippen LogP contribution in [-0.2, 0) is 4.79 Å². The number of rotatable bonds is 3. The van der Waals surface area contributed by atoms with Crippen molar-refractivity contribution in [3.05, 3.63) is 0 Å². The standard InChI is InChI=1S/C5H12N2O.2C2H6/c1-5(8)7-4-2-3-6;2*1-2/h2-4,6H2,1H3,(H,7,8);2*1-2H3. The van der Waals surface area contributed by atoms with Gasteiger partial charge in [-0.25, -0.2) is 0 Å². The third kappa shape index (κ3) is 34.1. The summed E-state index contributed by atoms with van der Waals surface area (Å²) in [7, 11) is 0. The van der Waals surface area contributed by atoms with Crippen LogP contribution in [0.2, 0.25) is 0 Å². The van der Waals surface area contributed by atoms with Crippen LogP contribution in [0.25, 0.3) is 0 Å². The van der Waals surface area contributed by atoms with Gasteiger partial charge >= 0.3 is 0 Å². The van der Waals surface area contributed by atoms with Crippen LogP contribution < -0.4 is 11.1 Å². The third-order valence-corrected chi connectivity index (χ3v) is 0.755. The van der Waals surface area contributed by atoms with Crippen LogP contribution >= 0.6 is 0 Å². The van der Waals surface area contributed by atoms with Crippen LogP contribution in [0.4, 0.5) is 0 Å². The zero-order chi connectivity index (χ0) is 10.4. The van der Waals surface area contributed by atoms with E-state index in [4.69, 9.17) is 5.73 Å². The molecule has 0 atom stereocenters. The number of nitrogens with two attached hydrogens (primary N) is 1. The molecule has 0 heterocycles. The summed E-state index contributed by atoms with van der Waals surface area (Å²) in [5, 5.41) is 2.63. The van der Waals surface area contributed by atoms with Gasteiger partial charge in [-0.15, -0.1) is 0 Å². The fraction of sp³-hybridized carbons (Fsp3) is 0.889. The molecule has 12 heavy (non-hydrogen) atoms. The van der Waals surface area contributed by atoms with Crippen molar-refractivity contribution in [3.63, 3.8) is 0 Å². The SMILES string of the molecule is CC.CC.CC(=O)NCCCN. The molecule has 3 heteroatoms. The molecular weight excluding hydrogens is 152 g/mol. The number of hydrogen-bond donors (Lipinski definition) is 2. The Balaban J connectivity index is -0.000000175. The summed E-state index contributed by atoms with van der Waals surface area (Å²) in [5.41, 5.74) is 5.16. The van der Waals surface area contributed by atoms with E-state index in [1.165, 1.54) is 6.92 Å². The van der Waals surface area contributed by atoms with E-state index in [0.717, 1.165) is 6.42 Å². The summed E-state index contributed by atoms with van der Waals surface area (Å²) in [6, 6.07) is 0. The Morgan fingerprint density at radius 2 is 1.67 bits per heavy atom. The molecule has 0 aromatic rings. The fourth-order valence-corrected chi connectivity index (χ4v) is 0.366. The van der Waals surface area contributed by atoms with Gasteiger partial charge < -0.3 is 11.1 Å². The molecule has 0 saturated heterocycles. The average molecular weight is 176 g/mol. The van der Waals surface area contributed by atoms with Crippen molar-refractivity contribution in [1.29, 1.82) is 0 Å². The molecule has 0 unspecified atom stereocenters. The lowest BCUT2D eigenvalue weighted by Gasteiger charge is -1.96. The fourth-order valence-electron chi connectivity index (χ4n) is 0.366. The van der Waals surface area contributed by atoms with Crippen molar-refractivity contribution < 1.29 is 4.79 Å². The van der Waals surface area contributed by atoms with E-state index in [-0.39, 0.29) is 5.91 Å². The highest BCUT2D eigenvalue weighted by atomic mass is 16.1. The van der Waals surface area contributed by atoms with Crippen LogP contribution in [-0.4, -0.2) is 19.0 Å². The van der Waals surface area contributed by atoms with Gasteiger partial charge in [-0.2, -0.15) is 0 Å². The summed E-state index contributed by atoms with van der Waals surface area (Å²) < 4.78 is 0. The maximum Gasteiger partial charge on any atom is 0.216 e. The van der Waals surface area contributed by atoms with E-state index in [0.29, 0.717) is 13.1 Å². The lowest BCUT2D eigenvalue weighted by Crippen LogP contribution is -2.22. The van der Waals surface area contributed by atoms with E-state index in [1.807, 2.05) is 27.7 Å². The third-order valence-electron chi connectivity index (χ3n) is 0.755. The minimum Gasteiger partial charge on any atom is -0.356 e. The highest BCUT2D eigenvalue weighted by Crippen LogP contribution is 1.67. The Morgan fingerprint density at radius 3 is 1.92 bits per heavy atom. The Bertz CT molecular complexity index is 74.9. The van der Waals surface area contributed by atoms with Crippen LogP contribution in [0.5, 0.6) is 0 Å². The first-order chi connectivity index (χ1) is 5.77. The lowest BCUT2D eigenvalue weighted by molar-refractivity contribution is -0.118. The van der Waals surface area contributed by atoms with Crippen LogP contribution in [0.1, 0.15) is 41.0 Å². The van der Waals surface area contributed by atoms with Gasteiger partial charge in [-0.05, 0) is 13.0 Å². The lowest BCUT2D eigenvalue weighted by atomic mass is 10.4. The zero-order valence-corrected chi connectivity index (χ0v) is 9.11. The van der Waals surface area contributed by atoms with Gasteiger partial charge in [0.2, 0.25) is 5.91 Å². The zero-order valence-electron chi connectivity index (χ0n) is 9.11. The van der Waals surface area contributed by atoms with Gasteiger partial charge in [-0.1, -0.05) is 27.7 Å². The summed E-state index contributed by atoms with van der Waals surface area (Å²) >= 11 is 0.